The maximum absolute atomic E-state index is 12.4. The fourth-order valence-electron chi connectivity index (χ4n) is 1.79. The summed E-state index contributed by atoms with van der Waals surface area (Å²) in [6.45, 7) is 3.92. The van der Waals surface area contributed by atoms with Gasteiger partial charge in [0.15, 0.2) is 5.13 Å². The van der Waals surface area contributed by atoms with E-state index in [4.69, 9.17) is 4.74 Å². The average Bonchev–Trinajstić information content (AvgIpc) is 2.77. The number of anilines is 1. The first-order valence-corrected chi connectivity index (χ1v) is 9.29. The van der Waals surface area contributed by atoms with Gasteiger partial charge >= 0.3 is 0 Å². The quantitative estimate of drug-likeness (QED) is 0.846. The Morgan fingerprint density at radius 1 is 1.43 bits per heavy atom. The zero-order valence-electron chi connectivity index (χ0n) is 11.8. The minimum Gasteiger partial charge on any atom is -0.496 e. The summed E-state index contributed by atoms with van der Waals surface area (Å²) < 4.78 is 32.9. The van der Waals surface area contributed by atoms with Gasteiger partial charge in [0.25, 0.3) is 10.0 Å². The van der Waals surface area contributed by atoms with Crippen LogP contribution in [0.5, 0.6) is 5.75 Å². The van der Waals surface area contributed by atoms with E-state index >= 15 is 0 Å². The fraction of sp³-hybridized carbons (Fsp3) is 0.308. The highest BCUT2D eigenvalue weighted by Crippen LogP contribution is 2.29. The molecule has 0 radical (unpaired) electrons. The van der Waals surface area contributed by atoms with Gasteiger partial charge in [0.05, 0.1) is 22.2 Å². The van der Waals surface area contributed by atoms with Crippen molar-refractivity contribution in [1.29, 1.82) is 0 Å². The second-order valence-corrected chi connectivity index (χ2v) is 8.02. The lowest BCUT2D eigenvalue weighted by atomic mass is 10.3. The molecule has 0 aliphatic rings. The van der Waals surface area contributed by atoms with Crippen LogP contribution in [0.4, 0.5) is 5.13 Å². The smallest absolute Gasteiger partial charge is 0.263 e. The zero-order chi connectivity index (χ0) is 15.6. The Bertz CT molecular complexity index is 757. The number of rotatable bonds is 5. The third-order valence-corrected chi connectivity index (χ3v) is 5.90. The Morgan fingerprint density at radius 2 is 2.14 bits per heavy atom. The molecule has 0 fully saturated rings. The van der Waals surface area contributed by atoms with Crippen molar-refractivity contribution < 1.29 is 13.2 Å². The SMILES string of the molecule is CCc1nc(NS(=O)(=O)c2ccc(OC)c(Br)c2)sc1C. The molecule has 21 heavy (non-hydrogen) atoms. The molecule has 0 bridgehead atoms. The molecule has 0 unspecified atom stereocenters. The molecule has 0 saturated heterocycles. The van der Waals surface area contributed by atoms with Crippen molar-refractivity contribution in [1.82, 2.24) is 4.98 Å². The van der Waals surface area contributed by atoms with E-state index in [1.54, 1.807) is 6.07 Å². The first kappa shape index (κ1) is 16.3. The minimum atomic E-state index is -3.66. The third-order valence-electron chi connectivity index (χ3n) is 2.88. The van der Waals surface area contributed by atoms with Crippen LogP contribution >= 0.6 is 27.3 Å². The van der Waals surface area contributed by atoms with Gasteiger partial charge in [0, 0.05) is 4.88 Å². The van der Waals surface area contributed by atoms with Gasteiger partial charge in [-0.2, -0.15) is 0 Å². The van der Waals surface area contributed by atoms with Crippen LogP contribution < -0.4 is 9.46 Å². The first-order valence-electron chi connectivity index (χ1n) is 6.20. The molecule has 1 N–H and O–H groups in total. The number of hydrogen-bond acceptors (Lipinski definition) is 5. The zero-order valence-corrected chi connectivity index (χ0v) is 15.0. The van der Waals surface area contributed by atoms with Crippen molar-refractivity contribution in [2.75, 3.05) is 11.8 Å². The summed E-state index contributed by atoms with van der Waals surface area (Å²) in [6, 6.07) is 4.60. The molecular weight excluding hydrogens is 376 g/mol. The Morgan fingerprint density at radius 3 is 2.67 bits per heavy atom. The van der Waals surface area contributed by atoms with E-state index in [-0.39, 0.29) is 4.90 Å². The van der Waals surface area contributed by atoms with Crippen LogP contribution in [0.1, 0.15) is 17.5 Å². The molecule has 0 atom stereocenters. The number of thiazole rings is 1. The summed E-state index contributed by atoms with van der Waals surface area (Å²) in [7, 11) is -2.14. The number of hydrogen-bond donors (Lipinski definition) is 1. The summed E-state index contributed by atoms with van der Waals surface area (Å²) >= 11 is 4.62. The van der Waals surface area contributed by atoms with Gasteiger partial charge < -0.3 is 4.74 Å². The van der Waals surface area contributed by atoms with Crippen LogP contribution in [-0.2, 0) is 16.4 Å². The van der Waals surface area contributed by atoms with Gasteiger partial charge in [-0.3, -0.25) is 4.72 Å². The molecule has 0 aliphatic heterocycles. The summed E-state index contributed by atoms with van der Waals surface area (Å²) in [5, 5.41) is 0.385. The Balaban J connectivity index is 2.31. The molecule has 2 aromatic rings. The van der Waals surface area contributed by atoms with Gasteiger partial charge in [0.2, 0.25) is 0 Å². The number of halogens is 1. The molecule has 1 heterocycles. The number of nitrogens with one attached hydrogen (secondary N) is 1. The predicted octanol–water partition coefficient (Wildman–Crippen LogP) is 3.59. The van der Waals surface area contributed by atoms with Crippen molar-refractivity contribution in [3.05, 3.63) is 33.2 Å². The summed E-state index contributed by atoms with van der Waals surface area (Å²) in [4.78, 5) is 5.46. The molecule has 8 heteroatoms. The van der Waals surface area contributed by atoms with Gasteiger partial charge in [-0.25, -0.2) is 13.4 Å². The second kappa shape index (κ2) is 6.33. The van der Waals surface area contributed by atoms with Gasteiger partial charge in [0.1, 0.15) is 5.75 Å². The van der Waals surface area contributed by atoms with Crippen molar-refractivity contribution in [3.63, 3.8) is 0 Å². The number of benzene rings is 1. The Kier molecular flexibility index (Phi) is 4.90. The number of ether oxygens (including phenoxy) is 1. The number of methoxy groups -OCH3 is 1. The number of aryl methyl sites for hydroxylation is 2. The van der Waals surface area contributed by atoms with Crippen molar-refractivity contribution >= 4 is 42.4 Å². The molecule has 0 spiro atoms. The molecule has 114 valence electrons. The normalized spacial score (nSPS) is 11.4. The van der Waals surface area contributed by atoms with E-state index in [9.17, 15) is 8.42 Å². The van der Waals surface area contributed by atoms with E-state index in [0.29, 0.717) is 15.4 Å². The highest BCUT2D eigenvalue weighted by Gasteiger charge is 2.18. The lowest BCUT2D eigenvalue weighted by Gasteiger charge is -2.08. The molecule has 2 rings (SSSR count). The Labute approximate surface area is 136 Å². The molecule has 0 saturated carbocycles. The second-order valence-electron chi connectivity index (χ2n) is 4.28. The molecule has 0 amide bonds. The monoisotopic (exact) mass is 390 g/mol. The topological polar surface area (TPSA) is 68.3 Å². The standard InChI is InChI=1S/C13H15BrN2O3S2/c1-4-11-8(2)20-13(15-11)16-21(17,18)9-5-6-12(19-3)10(14)7-9/h5-7H,4H2,1-3H3,(H,15,16). The van der Waals surface area contributed by atoms with Crippen molar-refractivity contribution in [2.24, 2.45) is 0 Å². The Hall–Kier alpha value is -1.12. The summed E-state index contributed by atoms with van der Waals surface area (Å²) in [5.74, 6) is 0.576. The fourth-order valence-corrected chi connectivity index (χ4v) is 4.64. The van der Waals surface area contributed by atoms with Crippen LogP contribution in [0.25, 0.3) is 0 Å². The van der Waals surface area contributed by atoms with Crippen LogP contribution in [0.2, 0.25) is 0 Å². The number of nitrogens with zero attached hydrogens (tertiary/aromatic N) is 1. The first-order chi connectivity index (χ1) is 9.87. The highest BCUT2D eigenvalue weighted by molar-refractivity contribution is 9.10. The minimum absolute atomic E-state index is 0.154. The van der Waals surface area contributed by atoms with Crippen LogP contribution in [-0.4, -0.2) is 20.5 Å². The molecule has 5 nitrogen and oxygen atoms in total. The van der Waals surface area contributed by atoms with Gasteiger partial charge in [-0.05, 0) is 47.5 Å². The molecule has 1 aromatic heterocycles. The van der Waals surface area contributed by atoms with Crippen molar-refractivity contribution in [3.8, 4) is 5.75 Å². The number of sulfonamides is 1. The molecule has 0 aliphatic carbocycles. The van der Waals surface area contributed by atoms with Crippen LogP contribution in [0, 0.1) is 6.92 Å². The van der Waals surface area contributed by atoms with E-state index in [2.05, 4.69) is 25.6 Å². The van der Waals surface area contributed by atoms with Gasteiger partial charge in [-0.1, -0.05) is 6.92 Å². The maximum atomic E-state index is 12.4. The highest BCUT2D eigenvalue weighted by atomic mass is 79.9. The maximum Gasteiger partial charge on any atom is 0.263 e. The van der Waals surface area contributed by atoms with E-state index < -0.39 is 10.0 Å². The van der Waals surface area contributed by atoms with Crippen LogP contribution in [0.3, 0.4) is 0 Å². The van der Waals surface area contributed by atoms with Gasteiger partial charge in [-0.15, -0.1) is 11.3 Å². The lowest BCUT2D eigenvalue weighted by molar-refractivity contribution is 0.411. The lowest BCUT2D eigenvalue weighted by Crippen LogP contribution is -2.12. The molecular formula is C13H15BrN2O3S2. The summed E-state index contributed by atoms with van der Waals surface area (Å²) in [5.41, 5.74) is 0.911. The number of aromatic nitrogens is 1. The van der Waals surface area contributed by atoms with E-state index in [1.807, 2.05) is 13.8 Å². The van der Waals surface area contributed by atoms with Crippen LogP contribution in [0.15, 0.2) is 27.6 Å². The summed E-state index contributed by atoms with van der Waals surface area (Å²) in [6.07, 6.45) is 0.776. The average molecular weight is 391 g/mol. The van der Waals surface area contributed by atoms with E-state index in [1.165, 1.54) is 30.6 Å². The molecule has 1 aromatic carbocycles. The third kappa shape index (κ3) is 3.56. The van der Waals surface area contributed by atoms with Crippen molar-refractivity contribution in [2.45, 2.75) is 25.2 Å². The van der Waals surface area contributed by atoms with E-state index in [0.717, 1.165) is 17.0 Å². The predicted molar refractivity (Wildman–Crippen MR) is 87.7 cm³/mol. The largest absolute Gasteiger partial charge is 0.496 e.